The zero-order chi connectivity index (χ0) is 15.4. The minimum absolute atomic E-state index is 0.387. The van der Waals surface area contributed by atoms with Crippen molar-refractivity contribution in [2.24, 2.45) is 0 Å². The molecule has 0 heterocycles. The summed E-state index contributed by atoms with van der Waals surface area (Å²) < 4.78 is 13.7. The van der Waals surface area contributed by atoms with Crippen molar-refractivity contribution in [2.75, 3.05) is 0 Å². The zero-order valence-electron chi connectivity index (χ0n) is 9.86. The number of carboxylic acid groups (broad SMARTS) is 1. The number of nitro groups is 1. The van der Waals surface area contributed by atoms with E-state index in [1.165, 1.54) is 0 Å². The van der Waals surface area contributed by atoms with Crippen LogP contribution < -0.4 is 0 Å². The van der Waals surface area contributed by atoms with Gasteiger partial charge in [0.15, 0.2) is 0 Å². The van der Waals surface area contributed by atoms with E-state index in [1.807, 2.05) is 0 Å². The van der Waals surface area contributed by atoms with Gasteiger partial charge in [-0.25, -0.2) is 9.18 Å². The first kappa shape index (κ1) is 15.5. The number of aliphatic hydroxyl groups excluding tert-OH is 2. The van der Waals surface area contributed by atoms with Crippen molar-refractivity contribution in [3.05, 3.63) is 39.2 Å². The number of halogens is 1. The quantitative estimate of drug-likeness (QED) is 0.534. The summed E-state index contributed by atoms with van der Waals surface area (Å²) in [6, 6.07) is 2.46. The van der Waals surface area contributed by atoms with Crippen LogP contribution in [0.2, 0.25) is 0 Å². The van der Waals surface area contributed by atoms with Gasteiger partial charge in [0.1, 0.15) is 17.5 Å². The van der Waals surface area contributed by atoms with E-state index in [-0.39, 0.29) is 0 Å². The first-order chi connectivity index (χ1) is 9.29. The topological polar surface area (TPSA) is 145 Å². The molecule has 1 rings (SSSR count). The number of hydrogen-bond acceptors (Lipinski definition) is 6. The van der Waals surface area contributed by atoms with E-state index in [2.05, 4.69) is 0 Å². The second-order valence-corrected chi connectivity index (χ2v) is 3.83. The summed E-state index contributed by atoms with van der Waals surface area (Å²) in [6.45, 7) is 0. The Morgan fingerprint density at radius 3 is 2.55 bits per heavy atom. The van der Waals surface area contributed by atoms with E-state index in [0.29, 0.717) is 12.1 Å². The molecular formula is C11H9FN2O6. The lowest BCUT2D eigenvalue weighted by atomic mass is 9.99. The Morgan fingerprint density at radius 2 is 2.10 bits per heavy atom. The molecule has 20 heavy (non-hydrogen) atoms. The van der Waals surface area contributed by atoms with Gasteiger partial charge in [0.05, 0.1) is 23.5 Å². The summed E-state index contributed by atoms with van der Waals surface area (Å²) in [5, 5.41) is 46.8. The number of benzene rings is 1. The van der Waals surface area contributed by atoms with Crippen molar-refractivity contribution in [3.8, 4) is 6.07 Å². The number of rotatable bonds is 5. The van der Waals surface area contributed by atoms with E-state index < -0.39 is 52.2 Å². The van der Waals surface area contributed by atoms with Gasteiger partial charge in [0, 0.05) is 11.6 Å². The lowest BCUT2D eigenvalue weighted by Gasteiger charge is -2.16. The predicted molar refractivity (Wildman–Crippen MR) is 61.2 cm³/mol. The lowest BCUT2D eigenvalue weighted by molar-refractivity contribution is -0.385. The summed E-state index contributed by atoms with van der Waals surface area (Å²) in [4.78, 5) is 20.5. The average Bonchev–Trinajstić information content (AvgIpc) is 2.37. The van der Waals surface area contributed by atoms with Crippen molar-refractivity contribution in [1.82, 2.24) is 0 Å². The van der Waals surface area contributed by atoms with Crippen LogP contribution >= 0.6 is 0 Å². The molecule has 9 heteroatoms. The average molecular weight is 284 g/mol. The molecule has 106 valence electrons. The van der Waals surface area contributed by atoms with Crippen LogP contribution in [0.25, 0.3) is 0 Å². The predicted octanol–water partition coefficient (Wildman–Crippen LogP) is 0.740. The van der Waals surface area contributed by atoms with Gasteiger partial charge in [0.25, 0.3) is 5.69 Å². The van der Waals surface area contributed by atoms with E-state index in [4.69, 9.17) is 10.4 Å². The number of nitrogens with zero attached hydrogens (tertiary/aromatic N) is 2. The molecule has 0 bridgehead atoms. The van der Waals surface area contributed by atoms with E-state index in [1.54, 1.807) is 6.07 Å². The third kappa shape index (κ3) is 3.05. The van der Waals surface area contributed by atoms with Crippen molar-refractivity contribution in [3.63, 3.8) is 0 Å². The molecule has 0 aliphatic carbocycles. The first-order valence-corrected chi connectivity index (χ1v) is 5.23. The Morgan fingerprint density at radius 1 is 1.50 bits per heavy atom. The number of aliphatic hydroxyl groups is 2. The summed E-state index contributed by atoms with van der Waals surface area (Å²) in [5.41, 5.74) is -2.44. The van der Waals surface area contributed by atoms with Crippen LogP contribution in [0.5, 0.6) is 0 Å². The smallest absolute Gasteiger partial charge is 0.342 e. The third-order valence-electron chi connectivity index (χ3n) is 2.53. The molecule has 0 aliphatic rings. The molecule has 0 saturated heterocycles. The summed E-state index contributed by atoms with van der Waals surface area (Å²) in [5.74, 6) is -2.92. The van der Waals surface area contributed by atoms with Crippen LogP contribution in [0.4, 0.5) is 10.1 Å². The molecule has 0 aromatic heterocycles. The normalized spacial score (nSPS) is 13.3. The zero-order valence-corrected chi connectivity index (χ0v) is 9.86. The monoisotopic (exact) mass is 284 g/mol. The van der Waals surface area contributed by atoms with Crippen LogP contribution in [0.1, 0.15) is 28.4 Å². The van der Waals surface area contributed by atoms with E-state index in [0.717, 1.165) is 0 Å². The highest BCUT2D eigenvalue weighted by molar-refractivity contribution is 5.92. The number of hydrogen-bond donors (Lipinski definition) is 3. The van der Waals surface area contributed by atoms with Gasteiger partial charge in [-0.05, 0) is 6.07 Å². The summed E-state index contributed by atoms with van der Waals surface area (Å²) in [6.07, 6.45) is -4.05. The maximum absolute atomic E-state index is 13.7. The molecule has 0 radical (unpaired) electrons. The molecule has 0 fully saturated rings. The van der Waals surface area contributed by atoms with Crippen LogP contribution in [-0.4, -0.2) is 32.3 Å². The molecule has 1 aromatic rings. The van der Waals surface area contributed by atoms with Crippen LogP contribution in [-0.2, 0) is 0 Å². The van der Waals surface area contributed by atoms with Gasteiger partial charge in [-0.3, -0.25) is 10.1 Å². The maximum Gasteiger partial charge on any atom is 0.342 e. The molecule has 2 unspecified atom stereocenters. The van der Waals surface area contributed by atoms with Crippen molar-refractivity contribution in [2.45, 2.75) is 18.6 Å². The Labute approximate surface area is 111 Å². The highest BCUT2D eigenvalue weighted by atomic mass is 19.1. The highest BCUT2D eigenvalue weighted by Gasteiger charge is 2.28. The molecule has 8 nitrogen and oxygen atoms in total. The summed E-state index contributed by atoms with van der Waals surface area (Å²) in [7, 11) is 0. The Balaban J connectivity index is 3.36. The number of carbonyl (C=O) groups is 1. The van der Waals surface area contributed by atoms with Crippen molar-refractivity contribution in [1.29, 1.82) is 5.26 Å². The number of nitro benzene ring substituents is 1. The number of nitriles is 1. The van der Waals surface area contributed by atoms with Crippen molar-refractivity contribution >= 4 is 11.7 Å². The largest absolute Gasteiger partial charge is 0.477 e. The Hall–Kier alpha value is -2.57. The molecule has 0 amide bonds. The fraction of sp³-hybridized carbons (Fsp3) is 0.273. The van der Waals surface area contributed by atoms with Crippen LogP contribution in [0.15, 0.2) is 12.1 Å². The van der Waals surface area contributed by atoms with Crippen LogP contribution in [0, 0.1) is 27.3 Å². The van der Waals surface area contributed by atoms with Crippen LogP contribution in [0.3, 0.4) is 0 Å². The van der Waals surface area contributed by atoms with Gasteiger partial charge in [-0.15, -0.1) is 0 Å². The minimum Gasteiger partial charge on any atom is -0.477 e. The van der Waals surface area contributed by atoms with Crippen molar-refractivity contribution < 1.29 is 29.4 Å². The molecule has 1 aromatic carbocycles. The van der Waals surface area contributed by atoms with Gasteiger partial charge in [-0.2, -0.15) is 5.26 Å². The fourth-order valence-electron chi connectivity index (χ4n) is 1.54. The Kier molecular flexibility index (Phi) is 4.68. The SMILES string of the molecule is N#CCC(O)C(O)c1cc([N+](=O)[O-])c(C(=O)O)cc1F. The molecule has 0 spiro atoms. The standard InChI is InChI=1S/C11H9FN2O6/c12-7-3-6(11(17)18)8(14(19)20)4-5(7)10(16)9(15)1-2-13/h3-4,9-10,15-16H,1H2,(H,17,18). The first-order valence-electron chi connectivity index (χ1n) is 5.23. The van der Waals surface area contributed by atoms with E-state index >= 15 is 0 Å². The highest BCUT2D eigenvalue weighted by Crippen LogP contribution is 2.29. The number of aromatic carboxylic acids is 1. The third-order valence-corrected chi connectivity index (χ3v) is 2.53. The fourth-order valence-corrected chi connectivity index (χ4v) is 1.54. The minimum atomic E-state index is -1.88. The molecular weight excluding hydrogens is 275 g/mol. The molecule has 0 saturated carbocycles. The second-order valence-electron chi connectivity index (χ2n) is 3.83. The molecule has 2 atom stereocenters. The van der Waals surface area contributed by atoms with Gasteiger partial charge >= 0.3 is 5.97 Å². The molecule has 3 N–H and O–H groups in total. The van der Waals surface area contributed by atoms with Gasteiger partial charge in [-0.1, -0.05) is 0 Å². The summed E-state index contributed by atoms with van der Waals surface area (Å²) >= 11 is 0. The molecule has 0 aliphatic heterocycles. The lowest BCUT2D eigenvalue weighted by Crippen LogP contribution is -2.19. The number of carboxylic acids is 1. The van der Waals surface area contributed by atoms with Gasteiger partial charge < -0.3 is 15.3 Å². The Bertz CT molecular complexity index is 597. The van der Waals surface area contributed by atoms with Gasteiger partial charge in [0.2, 0.25) is 0 Å². The maximum atomic E-state index is 13.7. The van der Waals surface area contributed by atoms with E-state index in [9.17, 15) is 29.5 Å². The second kappa shape index (κ2) is 6.05.